The van der Waals surface area contributed by atoms with Crippen molar-refractivity contribution in [3.8, 4) is 0 Å². The molecule has 1 aromatic rings. The lowest BCUT2D eigenvalue weighted by Gasteiger charge is -2.32. The van der Waals surface area contributed by atoms with Gasteiger partial charge >= 0.3 is 12.0 Å². The molecule has 8 heteroatoms. The van der Waals surface area contributed by atoms with Crippen LogP contribution in [0.5, 0.6) is 0 Å². The summed E-state index contributed by atoms with van der Waals surface area (Å²) in [5.74, 6) is -1.09. The van der Waals surface area contributed by atoms with Crippen molar-refractivity contribution < 1.29 is 24.5 Å². The van der Waals surface area contributed by atoms with Crippen LogP contribution in [0.25, 0.3) is 0 Å². The third-order valence-electron chi connectivity index (χ3n) is 3.09. The fraction of sp³-hybridized carbons (Fsp3) is 0.385. The number of anilines is 1. The molecule has 1 saturated heterocycles. The molecule has 114 valence electrons. The molecule has 1 heterocycles. The van der Waals surface area contributed by atoms with Crippen molar-refractivity contribution >= 4 is 29.3 Å². The fourth-order valence-electron chi connectivity index (χ4n) is 1.96. The molecule has 1 aliphatic heterocycles. The molecule has 0 spiro atoms. The van der Waals surface area contributed by atoms with Gasteiger partial charge in [-0.05, 0) is 18.2 Å². The SMILES string of the molecule is O=C(O)c1ccc(NC(=O)N2CCOC(CO)C2)c(Cl)c1. The van der Waals surface area contributed by atoms with Gasteiger partial charge in [0.2, 0.25) is 0 Å². The number of aliphatic hydroxyl groups is 1. The Labute approximate surface area is 126 Å². The van der Waals surface area contributed by atoms with Crippen LogP contribution in [0.2, 0.25) is 5.02 Å². The Bertz CT molecular complexity index is 551. The number of nitrogens with zero attached hydrogens (tertiary/aromatic N) is 1. The van der Waals surface area contributed by atoms with Crippen LogP contribution in [0, 0.1) is 0 Å². The van der Waals surface area contributed by atoms with Crippen molar-refractivity contribution in [1.29, 1.82) is 0 Å². The van der Waals surface area contributed by atoms with Crippen LogP contribution >= 0.6 is 11.6 Å². The molecule has 0 saturated carbocycles. The average Bonchev–Trinajstić information content (AvgIpc) is 2.49. The summed E-state index contributed by atoms with van der Waals surface area (Å²) >= 11 is 5.95. The topological polar surface area (TPSA) is 99.1 Å². The molecule has 21 heavy (non-hydrogen) atoms. The lowest BCUT2D eigenvalue weighted by Crippen LogP contribution is -2.48. The van der Waals surface area contributed by atoms with Gasteiger partial charge in [-0.1, -0.05) is 11.6 Å². The van der Waals surface area contributed by atoms with E-state index in [9.17, 15) is 9.59 Å². The Kier molecular flexibility index (Phi) is 5.00. The average molecular weight is 315 g/mol. The van der Waals surface area contributed by atoms with E-state index in [0.717, 1.165) is 0 Å². The third-order valence-corrected chi connectivity index (χ3v) is 3.40. The van der Waals surface area contributed by atoms with E-state index in [0.29, 0.717) is 18.8 Å². The summed E-state index contributed by atoms with van der Waals surface area (Å²) in [6, 6.07) is 3.70. The molecule has 1 unspecified atom stereocenters. The van der Waals surface area contributed by atoms with Gasteiger partial charge in [0.25, 0.3) is 0 Å². The Morgan fingerprint density at radius 3 is 2.86 bits per heavy atom. The van der Waals surface area contributed by atoms with Gasteiger partial charge in [0.15, 0.2) is 0 Å². The minimum atomic E-state index is -1.09. The van der Waals surface area contributed by atoms with Gasteiger partial charge in [-0.2, -0.15) is 0 Å². The van der Waals surface area contributed by atoms with Gasteiger partial charge in [0, 0.05) is 6.54 Å². The monoisotopic (exact) mass is 314 g/mol. The van der Waals surface area contributed by atoms with Crippen molar-refractivity contribution in [2.24, 2.45) is 0 Å². The number of rotatable bonds is 3. The second-order valence-electron chi connectivity index (χ2n) is 4.55. The van der Waals surface area contributed by atoms with Crippen molar-refractivity contribution in [3.63, 3.8) is 0 Å². The Hall–Kier alpha value is -1.83. The van der Waals surface area contributed by atoms with Crippen LogP contribution in [0.1, 0.15) is 10.4 Å². The van der Waals surface area contributed by atoms with Crippen LogP contribution in [0.15, 0.2) is 18.2 Å². The zero-order valence-corrected chi connectivity index (χ0v) is 11.8. The van der Waals surface area contributed by atoms with Gasteiger partial charge < -0.3 is 25.2 Å². The first kappa shape index (κ1) is 15.6. The fourth-order valence-corrected chi connectivity index (χ4v) is 2.19. The van der Waals surface area contributed by atoms with Gasteiger partial charge in [-0.25, -0.2) is 9.59 Å². The maximum absolute atomic E-state index is 12.1. The highest BCUT2D eigenvalue weighted by Crippen LogP contribution is 2.23. The third kappa shape index (κ3) is 3.84. The number of halogens is 1. The second-order valence-corrected chi connectivity index (χ2v) is 4.96. The summed E-state index contributed by atoms with van der Waals surface area (Å²) in [6.45, 7) is 0.891. The van der Waals surface area contributed by atoms with E-state index >= 15 is 0 Å². The summed E-state index contributed by atoms with van der Waals surface area (Å²) in [5.41, 5.74) is 0.378. The Morgan fingerprint density at radius 1 is 1.48 bits per heavy atom. The standard InChI is InChI=1S/C13H15ClN2O5/c14-10-5-8(12(18)19)1-2-11(10)15-13(20)16-3-4-21-9(6-16)7-17/h1-2,5,9,17H,3-4,6-7H2,(H,15,20)(H,18,19). The van der Waals surface area contributed by atoms with Crippen LogP contribution in [-0.2, 0) is 4.74 Å². The Morgan fingerprint density at radius 2 is 2.24 bits per heavy atom. The number of hydrogen-bond donors (Lipinski definition) is 3. The summed E-state index contributed by atoms with van der Waals surface area (Å²) < 4.78 is 5.26. The molecule has 2 amide bonds. The molecular formula is C13H15ClN2O5. The predicted octanol–water partition coefficient (Wildman–Crippen LogP) is 1.26. The number of nitrogens with one attached hydrogen (secondary N) is 1. The van der Waals surface area contributed by atoms with Gasteiger partial charge in [-0.15, -0.1) is 0 Å². The number of morpholine rings is 1. The Balaban J connectivity index is 2.04. The van der Waals surface area contributed by atoms with E-state index in [1.807, 2.05) is 0 Å². The summed E-state index contributed by atoms with van der Waals surface area (Å²) in [7, 11) is 0. The number of benzene rings is 1. The number of ether oxygens (including phenoxy) is 1. The summed E-state index contributed by atoms with van der Waals surface area (Å²) in [5, 5.41) is 20.7. The predicted molar refractivity (Wildman–Crippen MR) is 75.8 cm³/mol. The normalized spacial score (nSPS) is 18.4. The molecule has 0 aliphatic carbocycles. The number of aliphatic hydroxyl groups excluding tert-OH is 1. The van der Waals surface area contributed by atoms with E-state index < -0.39 is 12.1 Å². The summed E-state index contributed by atoms with van der Waals surface area (Å²) in [4.78, 5) is 24.4. The van der Waals surface area contributed by atoms with Crippen molar-refractivity contribution in [3.05, 3.63) is 28.8 Å². The van der Waals surface area contributed by atoms with Crippen LogP contribution in [0.3, 0.4) is 0 Å². The first-order chi connectivity index (χ1) is 10.0. The highest BCUT2D eigenvalue weighted by atomic mass is 35.5. The largest absolute Gasteiger partial charge is 0.478 e. The van der Waals surface area contributed by atoms with Gasteiger partial charge in [0.1, 0.15) is 0 Å². The lowest BCUT2D eigenvalue weighted by molar-refractivity contribution is -0.0388. The number of aromatic carboxylic acids is 1. The first-order valence-corrected chi connectivity index (χ1v) is 6.70. The molecule has 0 aromatic heterocycles. The number of urea groups is 1. The molecule has 0 radical (unpaired) electrons. The van der Waals surface area contributed by atoms with Gasteiger partial charge in [0.05, 0.1) is 42.1 Å². The van der Waals surface area contributed by atoms with Crippen LogP contribution in [0.4, 0.5) is 10.5 Å². The minimum Gasteiger partial charge on any atom is -0.478 e. The molecule has 3 N–H and O–H groups in total. The molecule has 1 aliphatic rings. The molecule has 7 nitrogen and oxygen atoms in total. The molecule has 2 rings (SSSR count). The first-order valence-electron chi connectivity index (χ1n) is 6.32. The smallest absolute Gasteiger partial charge is 0.335 e. The number of carbonyl (C=O) groups excluding carboxylic acids is 1. The maximum Gasteiger partial charge on any atom is 0.335 e. The maximum atomic E-state index is 12.1. The zero-order valence-electron chi connectivity index (χ0n) is 11.1. The van der Waals surface area contributed by atoms with E-state index in [-0.39, 0.29) is 29.8 Å². The highest BCUT2D eigenvalue weighted by molar-refractivity contribution is 6.34. The van der Waals surface area contributed by atoms with Crippen LogP contribution in [-0.4, -0.2) is 59.5 Å². The van der Waals surface area contributed by atoms with E-state index in [2.05, 4.69) is 5.32 Å². The van der Waals surface area contributed by atoms with Crippen molar-refractivity contribution in [1.82, 2.24) is 4.90 Å². The molecular weight excluding hydrogens is 300 g/mol. The second kappa shape index (κ2) is 6.75. The number of amides is 2. The minimum absolute atomic E-state index is 0.0460. The van der Waals surface area contributed by atoms with E-state index in [4.69, 9.17) is 26.6 Å². The molecule has 1 fully saturated rings. The van der Waals surface area contributed by atoms with Gasteiger partial charge in [-0.3, -0.25) is 0 Å². The number of carboxylic acids is 1. The van der Waals surface area contributed by atoms with E-state index in [1.54, 1.807) is 0 Å². The molecule has 1 atom stereocenters. The van der Waals surface area contributed by atoms with Crippen LogP contribution < -0.4 is 5.32 Å². The highest BCUT2D eigenvalue weighted by Gasteiger charge is 2.24. The van der Waals surface area contributed by atoms with E-state index in [1.165, 1.54) is 23.1 Å². The number of carboxylic acid groups (broad SMARTS) is 1. The molecule has 0 bridgehead atoms. The summed E-state index contributed by atoms with van der Waals surface area (Å²) in [6.07, 6.45) is -0.394. The zero-order chi connectivity index (χ0) is 15.4. The van der Waals surface area contributed by atoms with Crippen molar-refractivity contribution in [2.75, 3.05) is 31.6 Å². The number of hydrogen-bond acceptors (Lipinski definition) is 4. The number of carbonyl (C=O) groups is 2. The molecule has 1 aromatic carbocycles. The lowest BCUT2D eigenvalue weighted by atomic mass is 10.2. The van der Waals surface area contributed by atoms with Crippen molar-refractivity contribution in [2.45, 2.75) is 6.10 Å². The quantitative estimate of drug-likeness (QED) is 0.780.